The van der Waals surface area contributed by atoms with Crippen molar-refractivity contribution in [3.63, 3.8) is 0 Å². The molecule has 0 radical (unpaired) electrons. The normalized spacial score (nSPS) is 16.9. The van der Waals surface area contributed by atoms with E-state index in [-0.39, 0.29) is 17.7 Å². The van der Waals surface area contributed by atoms with E-state index in [1.807, 2.05) is 53.6 Å². The predicted molar refractivity (Wildman–Crippen MR) is 111 cm³/mol. The lowest BCUT2D eigenvalue weighted by molar-refractivity contribution is -0.142. The Kier molecular flexibility index (Phi) is 7.01. The van der Waals surface area contributed by atoms with Gasteiger partial charge in [0.1, 0.15) is 0 Å². The van der Waals surface area contributed by atoms with Gasteiger partial charge in [-0.2, -0.15) is 5.10 Å². The first-order valence-electron chi connectivity index (χ1n) is 10.4. The smallest absolute Gasteiger partial charge is 0.227 e. The van der Waals surface area contributed by atoms with E-state index < -0.39 is 0 Å². The van der Waals surface area contributed by atoms with Crippen LogP contribution < -0.4 is 0 Å². The molecule has 2 aromatic heterocycles. The monoisotopic (exact) mass is 397 g/mol. The van der Waals surface area contributed by atoms with Crippen molar-refractivity contribution in [3.8, 4) is 0 Å². The molecule has 0 spiro atoms. The van der Waals surface area contributed by atoms with E-state index in [4.69, 9.17) is 0 Å². The van der Waals surface area contributed by atoms with Crippen LogP contribution in [0.25, 0.3) is 0 Å². The first kappa shape index (κ1) is 21.0. The molecule has 1 aliphatic heterocycles. The highest BCUT2D eigenvalue weighted by molar-refractivity contribution is 5.83. The van der Waals surface area contributed by atoms with Crippen LogP contribution in [0, 0.1) is 19.8 Å². The van der Waals surface area contributed by atoms with Crippen molar-refractivity contribution >= 4 is 11.8 Å². The van der Waals surface area contributed by atoms with Crippen LogP contribution >= 0.6 is 0 Å². The Labute approximate surface area is 172 Å². The molecular formula is C22H31N5O2. The summed E-state index contributed by atoms with van der Waals surface area (Å²) in [6.07, 6.45) is 4.42. The fraction of sp³-hybridized carbons (Fsp3) is 0.545. The minimum absolute atomic E-state index is 0.116. The van der Waals surface area contributed by atoms with E-state index in [9.17, 15) is 9.59 Å². The molecule has 0 aromatic carbocycles. The van der Waals surface area contributed by atoms with Crippen molar-refractivity contribution in [1.29, 1.82) is 0 Å². The molecule has 0 saturated carbocycles. The maximum atomic E-state index is 12.9. The maximum absolute atomic E-state index is 12.9. The van der Waals surface area contributed by atoms with Crippen LogP contribution in [0.2, 0.25) is 0 Å². The van der Waals surface area contributed by atoms with Crippen LogP contribution in [0.15, 0.2) is 30.5 Å². The molecule has 0 N–H and O–H groups in total. The van der Waals surface area contributed by atoms with Gasteiger partial charge in [0, 0.05) is 63.7 Å². The summed E-state index contributed by atoms with van der Waals surface area (Å²) in [5, 5.41) is 4.47. The van der Waals surface area contributed by atoms with Crippen molar-refractivity contribution in [2.24, 2.45) is 5.92 Å². The van der Waals surface area contributed by atoms with Gasteiger partial charge in [-0.3, -0.25) is 19.3 Å². The number of aryl methyl sites for hydroxylation is 3. The number of carbonyl (C=O) groups is 2. The summed E-state index contributed by atoms with van der Waals surface area (Å²) in [6, 6.07) is 7.86. The summed E-state index contributed by atoms with van der Waals surface area (Å²) in [4.78, 5) is 33.1. The number of carbonyl (C=O) groups excluding carboxylic acids is 2. The molecule has 7 heteroatoms. The summed E-state index contributed by atoms with van der Waals surface area (Å²) < 4.78 is 1.99. The zero-order chi connectivity index (χ0) is 20.8. The van der Waals surface area contributed by atoms with Crippen LogP contribution in [0.5, 0.6) is 0 Å². The largest absolute Gasteiger partial charge is 0.345 e. The quantitative estimate of drug-likeness (QED) is 0.685. The lowest BCUT2D eigenvalue weighted by Gasteiger charge is -2.34. The second-order valence-corrected chi connectivity index (χ2v) is 7.91. The second kappa shape index (κ2) is 9.67. The Morgan fingerprint density at radius 1 is 1.28 bits per heavy atom. The summed E-state index contributed by atoms with van der Waals surface area (Å²) in [5.74, 6) is 0.154. The third-order valence-corrected chi connectivity index (χ3v) is 5.56. The van der Waals surface area contributed by atoms with Gasteiger partial charge < -0.3 is 9.80 Å². The van der Waals surface area contributed by atoms with Crippen molar-refractivity contribution in [2.75, 3.05) is 26.7 Å². The number of likely N-dealkylation sites (tertiary alicyclic amines) is 1. The van der Waals surface area contributed by atoms with Gasteiger partial charge in [0.25, 0.3) is 0 Å². The van der Waals surface area contributed by atoms with Gasteiger partial charge in [-0.1, -0.05) is 6.07 Å². The van der Waals surface area contributed by atoms with Gasteiger partial charge in [0.05, 0.1) is 11.6 Å². The van der Waals surface area contributed by atoms with Gasteiger partial charge >= 0.3 is 0 Å². The Hall–Kier alpha value is -2.70. The van der Waals surface area contributed by atoms with Crippen molar-refractivity contribution in [3.05, 3.63) is 47.5 Å². The maximum Gasteiger partial charge on any atom is 0.227 e. The summed E-state index contributed by atoms with van der Waals surface area (Å²) in [5.41, 5.74) is 3.13. The van der Waals surface area contributed by atoms with Crippen LogP contribution in [0.3, 0.4) is 0 Å². The molecule has 29 heavy (non-hydrogen) atoms. The molecule has 1 fully saturated rings. The van der Waals surface area contributed by atoms with E-state index in [1.165, 1.54) is 0 Å². The molecule has 0 unspecified atom stereocenters. The highest BCUT2D eigenvalue weighted by Gasteiger charge is 2.31. The van der Waals surface area contributed by atoms with E-state index in [0.29, 0.717) is 38.9 Å². The summed E-state index contributed by atoms with van der Waals surface area (Å²) >= 11 is 0. The first-order chi connectivity index (χ1) is 13.9. The van der Waals surface area contributed by atoms with Gasteiger partial charge in [-0.15, -0.1) is 0 Å². The molecule has 3 rings (SSSR count). The fourth-order valence-corrected chi connectivity index (χ4v) is 3.91. The van der Waals surface area contributed by atoms with Crippen molar-refractivity contribution in [1.82, 2.24) is 24.6 Å². The lowest BCUT2D eigenvalue weighted by atomic mass is 9.95. The number of hydrogen-bond donors (Lipinski definition) is 0. The highest BCUT2D eigenvalue weighted by atomic mass is 16.2. The van der Waals surface area contributed by atoms with Gasteiger partial charge in [0.2, 0.25) is 11.8 Å². The average Bonchev–Trinajstić information content (AvgIpc) is 3.04. The Balaban J connectivity index is 1.47. The second-order valence-electron chi connectivity index (χ2n) is 7.91. The average molecular weight is 398 g/mol. The third-order valence-electron chi connectivity index (χ3n) is 5.56. The summed E-state index contributed by atoms with van der Waals surface area (Å²) in [6.45, 7) is 6.65. The number of aromatic nitrogens is 3. The molecule has 156 valence electrons. The predicted octanol–water partition coefficient (Wildman–Crippen LogP) is 2.22. The highest BCUT2D eigenvalue weighted by Crippen LogP contribution is 2.20. The number of pyridine rings is 1. The Morgan fingerprint density at radius 2 is 2.10 bits per heavy atom. The van der Waals surface area contributed by atoms with E-state index in [2.05, 4.69) is 16.1 Å². The van der Waals surface area contributed by atoms with Gasteiger partial charge in [-0.25, -0.2) is 0 Å². The lowest BCUT2D eigenvalue weighted by Crippen LogP contribution is -2.47. The van der Waals surface area contributed by atoms with Crippen LogP contribution in [0.1, 0.15) is 36.3 Å². The molecule has 7 nitrogen and oxygen atoms in total. The number of nitrogens with zero attached hydrogens (tertiary/aromatic N) is 5. The topological polar surface area (TPSA) is 71.3 Å². The first-order valence-corrected chi connectivity index (χ1v) is 10.4. The fourth-order valence-electron chi connectivity index (χ4n) is 3.91. The van der Waals surface area contributed by atoms with Crippen molar-refractivity contribution in [2.45, 2.75) is 46.1 Å². The minimum Gasteiger partial charge on any atom is -0.345 e. The molecule has 1 aliphatic rings. The van der Waals surface area contributed by atoms with E-state index in [1.54, 1.807) is 6.20 Å². The summed E-state index contributed by atoms with van der Waals surface area (Å²) in [7, 11) is 1.86. The van der Waals surface area contributed by atoms with Crippen molar-refractivity contribution < 1.29 is 9.59 Å². The molecule has 2 amide bonds. The van der Waals surface area contributed by atoms with E-state index >= 15 is 0 Å². The minimum atomic E-state index is -0.116. The molecule has 0 bridgehead atoms. The molecule has 1 saturated heterocycles. The zero-order valence-corrected chi connectivity index (χ0v) is 17.7. The SMILES string of the molecule is Cc1cc(C)n(CCCN(C)C(=O)[C@@H]2CCC(=O)N(CCc3ccccn3)C2)n1. The van der Waals surface area contributed by atoms with Gasteiger partial charge in [-0.05, 0) is 44.9 Å². The number of piperidine rings is 1. The molecular weight excluding hydrogens is 366 g/mol. The Bertz CT molecular complexity index is 833. The van der Waals surface area contributed by atoms with E-state index in [0.717, 1.165) is 30.0 Å². The van der Waals surface area contributed by atoms with Crippen LogP contribution in [-0.4, -0.2) is 63.1 Å². The Morgan fingerprint density at radius 3 is 2.79 bits per heavy atom. The molecule has 2 aromatic rings. The van der Waals surface area contributed by atoms with Crippen LogP contribution in [0.4, 0.5) is 0 Å². The number of rotatable bonds is 8. The third kappa shape index (κ3) is 5.65. The number of amides is 2. The molecule has 3 heterocycles. The zero-order valence-electron chi connectivity index (χ0n) is 17.7. The number of hydrogen-bond acceptors (Lipinski definition) is 4. The molecule has 1 atom stereocenters. The van der Waals surface area contributed by atoms with Crippen LogP contribution in [-0.2, 0) is 22.6 Å². The van der Waals surface area contributed by atoms with Gasteiger partial charge in [0.15, 0.2) is 0 Å². The standard InChI is InChI=1S/C22H31N5O2/c1-17-15-18(2)27(24-17)13-6-12-25(3)22(29)19-8-9-21(28)26(16-19)14-10-20-7-4-5-11-23-20/h4-5,7,11,15,19H,6,8-10,12-14,16H2,1-3H3/t19-/m1/s1. The molecule has 0 aliphatic carbocycles.